The Balaban J connectivity index is 2.15. The number of ether oxygens (including phenoxy) is 3. The van der Waals surface area contributed by atoms with E-state index < -0.39 is 0 Å². The highest BCUT2D eigenvalue weighted by atomic mass is 16.5. The molecule has 0 bridgehead atoms. The Labute approximate surface area is 132 Å². The van der Waals surface area contributed by atoms with E-state index in [1.807, 2.05) is 0 Å². The quantitative estimate of drug-likeness (QED) is 0.716. The molecule has 0 aliphatic carbocycles. The molecule has 23 heavy (non-hydrogen) atoms. The molecule has 1 aromatic carbocycles. The number of rotatable bonds is 5. The number of aromatic nitrogens is 3. The van der Waals surface area contributed by atoms with E-state index in [2.05, 4.69) is 15.1 Å². The summed E-state index contributed by atoms with van der Waals surface area (Å²) < 4.78 is 21.5. The van der Waals surface area contributed by atoms with Gasteiger partial charge in [0.15, 0.2) is 17.3 Å². The number of benzene rings is 1. The van der Waals surface area contributed by atoms with Crippen LogP contribution in [0.2, 0.25) is 0 Å². The van der Waals surface area contributed by atoms with Crippen LogP contribution in [-0.2, 0) is 0 Å². The van der Waals surface area contributed by atoms with Gasteiger partial charge in [-0.3, -0.25) is 0 Å². The van der Waals surface area contributed by atoms with Crippen LogP contribution in [0, 0.1) is 0 Å². The number of nitrogens with zero attached hydrogens (tertiary/aromatic N) is 3. The summed E-state index contributed by atoms with van der Waals surface area (Å²) in [4.78, 5) is 8.04. The normalized spacial score (nSPS) is 10.4. The molecule has 7 heteroatoms. The van der Waals surface area contributed by atoms with Gasteiger partial charge in [0.1, 0.15) is 6.33 Å². The minimum absolute atomic E-state index is 0.517. The van der Waals surface area contributed by atoms with Gasteiger partial charge in [0.2, 0.25) is 5.75 Å². The van der Waals surface area contributed by atoms with Crippen molar-refractivity contribution in [3.05, 3.63) is 37.1 Å². The minimum atomic E-state index is 0.517. The van der Waals surface area contributed by atoms with Crippen LogP contribution < -0.4 is 14.2 Å². The second kappa shape index (κ2) is 6.35. The summed E-state index contributed by atoms with van der Waals surface area (Å²) >= 11 is 0. The zero-order chi connectivity index (χ0) is 16.2. The summed E-state index contributed by atoms with van der Waals surface area (Å²) in [7, 11) is 4.68. The third-order valence-electron chi connectivity index (χ3n) is 3.37. The maximum Gasteiger partial charge on any atom is 0.203 e. The van der Waals surface area contributed by atoms with Gasteiger partial charge in [-0.15, -0.1) is 0 Å². The maximum absolute atomic E-state index is 5.42. The van der Waals surface area contributed by atoms with Crippen LogP contribution in [0.25, 0.3) is 22.5 Å². The second-order valence-electron chi connectivity index (χ2n) is 4.61. The van der Waals surface area contributed by atoms with Crippen molar-refractivity contribution in [2.24, 2.45) is 0 Å². The van der Waals surface area contributed by atoms with Gasteiger partial charge < -0.3 is 18.7 Å². The third kappa shape index (κ3) is 2.68. The topological polar surface area (TPSA) is 79.5 Å². The van der Waals surface area contributed by atoms with Crippen LogP contribution >= 0.6 is 0 Å². The monoisotopic (exact) mass is 313 g/mol. The molecule has 0 aliphatic heterocycles. The number of hydrogen-bond donors (Lipinski definition) is 0. The minimum Gasteiger partial charge on any atom is -0.493 e. The fraction of sp³-hybridized carbons (Fsp3) is 0.188. The zero-order valence-electron chi connectivity index (χ0n) is 12.9. The Kier molecular flexibility index (Phi) is 4.09. The lowest BCUT2D eigenvalue weighted by molar-refractivity contribution is 0.324. The molecule has 7 nitrogen and oxygen atoms in total. The van der Waals surface area contributed by atoms with Gasteiger partial charge in [-0.1, -0.05) is 5.16 Å². The van der Waals surface area contributed by atoms with E-state index in [0.29, 0.717) is 23.0 Å². The Morgan fingerprint density at radius 1 is 0.826 bits per heavy atom. The van der Waals surface area contributed by atoms with E-state index in [0.717, 1.165) is 16.7 Å². The van der Waals surface area contributed by atoms with Crippen molar-refractivity contribution in [2.75, 3.05) is 21.3 Å². The molecule has 0 saturated carbocycles. The largest absolute Gasteiger partial charge is 0.493 e. The van der Waals surface area contributed by atoms with Crippen LogP contribution in [0.3, 0.4) is 0 Å². The fourth-order valence-corrected chi connectivity index (χ4v) is 2.30. The first-order valence-electron chi connectivity index (χ1n) is 6.79. The molecule has 0 unspecified atom stereocenters. The molecule has 0 saturated heterocycles. The van der Waals surface area contributed by atoms with Gasteiger partial charge in [0, 0.05) is 23.5 Å². The average molecular weight is 313 g/mol. The SMILES string of the molecule is COc1cc(-c2oncc2-c2cncnc2)cc(OC)c1OC. The van der Waals surface area contributed by atoms with E-state index in [1.165, 1.54) is 6.33 Å². The van der Waals surface area contributed by atoms with Gasteiger partial charge in [-0.2, -0.15) is 0 Å². The van der Waals surface area contributed by atoms with Crippen LogP contribution in [0.5, 0.6) is 17.2 Å². The van der Waals surface area contributed by atoms with Crippen molar-refractivity contribution in [2.45, 2.75) is 0 Å². The first-order valence-corrected chi connectivity index (χ1v) is 6.79. The number of methoxy groups -OCH3 is 3. The van der Waals surface area contributed by atoms with Gasteiger partial charge in [-0.05, 0) is 12.1 Å². The Morgan fingerprint density at radius 2 is 1.48 bits per heavy atom. The lowest BCUT2D eigenvalue weighted by atomic mass is 10.0. The molecular formula is C16H15N3O4. The lowest BCUT2D eigenvalue weighted by Crippen LogP contribution is -1.95. The lowest BCUT2D eigenvalue weighted by Gasteiger charge is -2.13. The fourth-order valence-electron chi connectivity index (χ4n) is 2.30. The van der Waals surface area contributed by atoms with E-state index >= 15 is 0 Å². The first kappa shape index (κ1) is 14.8. The third-order valence-corrected chi connectivity index (χ3v) is 3.37. The molecule has 0 N–H and O–H groups in total. The summed E-state index contributed by atoms with van der Waals surface area (Å²) in [6.45, 7) is 0. The predicted molar refractivity (Wildman–Crippen MR) is 82.6 cm³/mol. The summed E-state index contributed by atoms with van der Waals surface area (Å²) in [5.74, 6) is 2.16. The van der Waals surface area contributed by atoms with Crippen LogP contribution in [0.15, 0.2) is 41.6 Å². The molecular weight excluding hydrogens is 298 g/mol. The molecule has 118 valence electrons. The standard InChI is InChI=1S/C16H15N3O4/c1-20-13-4-10(5-14(21-2)16(13)22-3)15-12(8-19-23-15)11-6-17-9-18-7-11/h4-9H,1-3H3. The van der Waals surface area contributed by atoms with Crippen molar-refractivity contribution >= 4 is 0 Å². The molecule has 2 heterocycles. The van der Waals surface area contributed by atoms with E-state index in [1.54, 1.807) is 52.1 Å². The van der Waals surface area contributed by atoms with Gasteiger partial charge in [0.25, 0.3) is 0 Å². The van der Waals surface area contributed by atoms with E-state index in [4.69, 9.17) is 18.7 Å². The Morgan fingerprint density at radius 3 is 2.04 bits per heavy atom. The van der Waals surface area contributed by atoms with Crippen molar-refractivity contribution in [3.8, 4) is 39.7 Å². The Hall–Kier alpha value is -3.09. The van der Waals surface area contributed by atoms with Crippen LogP contribution in [0.1, 0.15) is 0 Å². The smallest absolute Gasteiger partial charge is 0.203 e. The maximum atomic E-state index is 5.42. The van der Waals surface area contributed by atoms with Crippen LogP contribution in [-0.4, -0.2) is 36.5 Å². The average Bonchev–Trinajstić information content (AvgIpc) is 3.10. The summed E-state index contributed by atoms with van der Waals surface area (Å²) in [6, 6.07) is 3.60. The van der Waals surface area contributed by atoms with Crippen LogP contribution in [0.4, 0.5) is 0 Å². The highest BCUT2D eigenvalue weighted by Gasteiger charge is 2.19. The second-order valence-corrected chi connectivity index (χ2v) is 4.61. The van der Waals surface area contributed by atoms with E-state index in [-0.39, 0.29) is 0 Å². The van der Waals surface area contributed by atoms with Crippen molar-refractivity contribution in [3.63, 3.8) is 0 Å². The molecule has 0 atom stereocenters. The molecule has 0 spiro atoms. The molecule has 3 rings (SSSR count). The summed E-state index contributed by atoms with van der Waals surface area (Å²) in [5.41, 5.74) is 2.33. The molecule has 3 aromatic rings. The van der Waals surface area contributed by atoms with Crippen molar-refractivity contribution in [1.82, 2.24) is 15.1 Å². The zero-order valence-corrected chi connectivity index (χ0v) is 12.9. The van der Waals surface area contributed by atoms with Gasteiger partial charge >= 0.3 is 0 Å². The molecule has 0 amide bonds. The molecule has 2 aromatic heterocycles. The summed E-state index contributed by atoms with van der Waals surface area (Å²) in [6.07, 6.45) is 6.48. The Bertz CT molecular complexity index is 777. The highest BCUT2D eigenvalue weighted by Crippen LogP contribution is 2.43. The van der Waals surface area contributed by atoms with E-state index in [9.17, 15) is 0 Å². The number of hydrogen-bond acceptors (Lipinski definition) is 7. The summed E-state index contributed by atoms with van der Waals surface area (Å²) in [5, 5.41) is 3.89. The molecule has 0 fully saturated rings. The van der Waals surface area contributed by atoms with Crippen molar-refractivity contribution in [1.29, 1.82) is 0 Å². The predicted octanol–water partition coefficient (Wildman–Crippen LogP) is 2.82. The van der Waals surface area contributed by atoms with Crippen molar-refractivity contribution < 1.29 is 18.7 Å². The highest BCUT2D eigenvalue weighted by molar-refractivity contribution is 5.80. The molecule has 0 aliphatic rings. The van der Waals surface area contributed by atoms with Gasteiger partial charge in [-0.25, -0.2) is 9.97 Å². The van der Waals surface area contributed by atoms with Gasteiger partial charge in [0.05, 0.1) is 33.1 Å². The molecule has 0 radical (unpaired) electrons. The first-order chi connectivity index (χ1) is 11.3.